The van der Waals surface area contributed by atoms with E-state index < -0.39 is 0 Å². The molecule has 2 aromatic carbocycles. The Hall–Kier alpha value is -2.90. The normalized spacial score (nSPS) is 21.4. The minimum absolute atomic E-state index is 0.162. The highest BCUT2D eigenvalue weighted by molar-refractivity contribution is 6.33. The fraction of sp³-hybridized carbons (Fsp3) is 0.483. The molecule has 2 fully saturated rings. The molecule has 2 bridgehead atoms. The van der Waals surface area contributed by atoms with Gasteiger partial charge in [0.15, 0.2) is 0 Å². The summed E-state index contributed by atoms with van der Waals surface area (Å²) in [5, 5.41) is 12.4. The van der Waals surface area contributed by atoms with Crippen LogP contribution < -0.4 is 10.2 Å². The summed E-state index contributed by atoms with van der Waals surface area (Å²) in [7, 11) is 0. The van der Waals surface area contributed by atoms with E-state index in [9.17, 15) is 4.79 Å². The zero-order chi connectivity index (χ0) is 25.9. The first-order valence-electron chi connectivity index (χ1n) is 13.5. The van der Waals surface area contributed by atoms with Crippen LogP contribution in [0.2, 0.25) is 5.02 Å². The highest BCUT2D eigenvalue weighted by Gasteiger charge is 2.42. The third-order valence-corrected chi connectivity index (χ3v) is 8.19. The zero-order valence-electron chi connectivity index (χ0n) is 22.0. The van der Waals surface area contributed by atoms with Crippen molar-refractivity contribution in [3.05, 3.63) is 71.3 Å². The van der Waals surface area contributed by atoms with Gasteiger partial charge in [-0.3, -0.25) is 9.80 Å². The molecule has 5 rings (SSSR count). The molecular formula is C29H37ClN6O. The van der Waals surface area contributed by atoms with Crippen molar-refractivity contribution in [3.63, 3.8) is 0 Å². The number of nitrogens with zero attached hydrogens (tertiary/aromatic N) is 5. The second-order valence-electron chi connectivity index (χ2n) is 10.6. The number of carbonyl (C=O) groups excluding carboxylic acids is 1. The largest absolute Gasteiger partial charge is 0.326 e. The number of nitrogens with one attached hydrogen (secondary N) is 1. The van der Waals surface area contributed by atoms with Crippen LogP contribution in [0.1, 0.15) is 69.6 Å². The lowest BCUT2D eigenvalue weighted by Crippen LogP contribution is -2.45. The van der Waals surface area contributed by atoms with Gasteiger partial charge in [-0.25, -0.2) is 4.79 Å². The predicted molar refractivity (Wildman–Crippen MR) is 150 cm³/mol. The smallest absolute Gasteiger partial charge is 0.312 e. The SMILES string of the molecule is Cc1nnc(C(C)C)n1C1C[C@H]2CC[C@H](C1)N2CCCN(C(=O)Nc1ccccc1Cl)c1ccccc1. The Labute approximate surface area is 224 Å². The third kappa shape index (κ3) is 5.53. The van der Waals surface area contributed by atoms with Crippen LogP contribution in [0.5, 0.6) is 0 Å². The van der Waals surface area contributed by atoms with Crippen molar-refractivity contribution >= 4 is 29.0 Å². The number of amides is 2. The number of hydrogen-bond donors (Lipinski definition) is 1. The molecular weight excluding hydrogens is 484 g/mol. The van der Waals surface area contributed by atoms with Crippen molar-refractivity contribution in [2.24, 2.45) is 0 Å². The quantitative estimate of drug-likeness (QED) is 0.360. The van der Waals surface area contributed by atoms with E-state index in [2.05, 4.69) is 45.8 Å². The molecule has 0 aliphatic carbocycles. The second kappa shape index (κ2) is 11.2. The summed E-state index contributed by atoms with van der Waals surface area (Å²) in [4.78, 5) is 17.8. The predicted octanol–water partition coefficient (Wildman–Crippen LogP) is 6.66. The number of piperidine rings is 1. The van der Waals surface area contributed by atoms with Crippen LogP contribution in [0.3, 0.4) is 0 Å². The van der Waals surface area contributed by atoms with Crippen molar-refractivity contribution in [1.29, 1.82) is 0 Å². The van der Waals surface area contributed by atoms with Crippen molar-refractivity contribution < 1.29 is 4.79 Å². The van der Waals surface area contributed by atoms with E-state index in [1.807, 2.05) is 53.4 Å². The van der Waals surface area contributed by atoms with E-state index in [1.54, 1.807) is 6.07 Å². The van der Waals surface area contributed by atoms with Crippen LogP contribution in [-0.4, -0.2) is 50.9 Å². The van der Waals surface area contributed by atoms with Crippen LogP contribution >= 0.6 is 11.6 Å². The van der Waals surface area contributed by atoms with Gasteiger partial charge in [-0.2, -0.15) is 0 Å². The number of halogens is 1. The summed E-state index contributed by atoms with van der Waals surface area (Å²) in [6.07, 6.45) is 5.68. The van der Waals surface area contributed by atoms with Gasteiger partial charge in [0.1, 0.15) is 11.6 Å². The van der Waals surface area contributed by atoms with Gasteiger partial charge < -0.3 is 9.88 Å². The topological polar surface area (TPSA) is 66.3 Å². The minimum Gasteiger partial charge on any atom is -0.312 e. The maximum absolute atomic E-state index is 13.3. The van der Waals surface area contributed by atoms with E-state index in [1.165, 1.54) is 12.8 Å². The van der Waals surface area contributed by atoms with E-state index in [-0.39, 0.29) is 6.03 Å². The molecule has 3 aromatic rings. The molecule has 196 valence electrons. The van der Waals surface area contributed by atoms with Gasteiger partial charge >= 0.3 is 6.03 Å². The van der Waals surface area contributed by atoms with Crippen molar-refractivity contribution in [3.8, 4) is 0 Å². The molecule has 2 saturated heterocycles. The van der Waals surface area contributed by atoms with Crippen LogP contribution in [0, 0.1) is 6.92 Å². The molecule has 0 unspecified atom stereocenters. The molecule has 2 amide bonds. The Morgan fingerprint density at radius 3 is 2.38 bits per heavy atom. The fourth-order valence-electron chi connectivity index (χ4n) is 6.16. The summed E-state index contributed by atoms with van der Waals surface area (Å²) >= 11 is 6.30. The number of benzene rings is 2. The summed E-state index contributed by atoms with van der Waals surface area (Å²) in [5.74, 6) is 2.51. The molecule has 0 radical (unpaired) electrons. The molecule has 37 heavy (non-hydrogen) atoms. The van der Waals surface area contributed by atoms with Crippen LogP contribution in [0.25, 0.3) is 0 Å². The third-order valence-electron chi connectivity index (χ3n) is 7.86. The number of hydrogen-bond acceptors (Lipinski definition) is 4. The van der Waals surface area contributed by atoms with Crippen LogP contribution in [0.4, 0.5) is 16.2 Å². The van der Waals surface area contributed by atoms with Gasteiger partial charge in [0.25, 0.3) is 0 Å². The maximum Gasteiger partial charge on any atom is 0.326 e. The number of fused-ring (bicyclic) bond motifs is 2. The van der Waals surface area contributed by atoms with Gasteiger partial charge in [-0.1, -0.05) is 55.8 Å². The van der Waals surface area contributed by atoms with E-state index in [4.69, 9.17) is 11.6 Å². The molecule has 2 atom stereocenters. The number of anilines is 2. The van der Waals surface area contributed by atoms with E-state index in [0.29, 0.717) is 41.3 Å². The first-order valence-corrected chi connectivity index (χ1v) is 13.9. The zero-order valence-corrected chi connectivity index (χ0v) is 22.7. The average molecular weight is 521 g/mol. The highest BCUT2D eigenvalue weighted by atomic mass is 35.5. The maximum atomic E-state index is 13.3. The summed E-state index contributed by atoms with van der Waals surface area (Å²) in [6, 6.07) is 18.7. The standard InChI is InChI=1S/C29H37ClN6O/c1-20(2)28-33-32-21(3)36(28)25-18-23-14-15-24(19-25)34(23)16-9-17-35(22-10-5-4-6-11-22)29(37)31-27-13-8-7-12-26(27)30/h4-8,10-13,20,23-25H,9,14-19H2,1-3H3,(H,31,37)/t23-,24-/m1/s1. The molecule has 1 N–H and O–H groups in total. The van der Waals surface area contributed by atoms with Crippen molar-refractivity contribution in [2.45, 2.75) is 76.9 Å². The molecule has 7 nitrogen and oxygen atoms in total. The number of rotatable bonds is 8. The molecule has 3 heterocycles. The number of aromatic nitrogens is 3. The van der Waals surface area contributed by atoms with Gasteiger partial charge in [0.05, 0.1) is 10.7 Å². The first kappa shape index (κ1) is 25.7. The van der Waals surface area contributed by atoms with E-state index >= 15 is 0 Å². The molecule has 2 aliphatic heterocycles. The number of para-hydroxylation sites is 2. The Morgan fingerprint density at radius 2 is 1.70 bits per heavy atom. The molecule has 1 aromatic heterocycles. The minimum atomic E-state index is -0.162. The second-order valence-corrected chi connectivity index (χ2v) is 11.0. The van der Waals surface area contributed by atoms with Crippen molar-refractivity contribution in [2.75, 3.05) is 23.3 Å². The van der Waals surface area contributed by atoms with Crippen molar-refractivity contribution in [1.82, 2.24) is 19.7 Å². The number of carbonyl (C=O) groups is 1. The Kier molecular flexibility index (Phi) is 7.81. The fourth-order valence-corrected chi connectivity index (χ4v) is 6.35. The monoisotopic (exact) mass is 520 g/mol. The Balaban J connectivity index is 1.24. The summed E-state index contributed by atoms with van der Waals surface area (Å²) < 4.78 is 2.41. The van der Waals surface area contributed by atoms with Gasteiger partial charge in [0.2, 0.25) is 0 Å². The van der Waals surface area contributed by atoms with Crippen LogP contribution in [-0.2, 0) is 0 Å². The number of urea groups is 1. The summed E-state index contributed by atoms with van der Waals surface area (Å²) in [6.45, 7) is 8.11. The van der Waals surface area contributed by atoms with Gasteiger partial charge in [0, 0.05) is 42.8 Å². The van der Waals surface area contributed by atoms with Crippen LogP contribution in [0.15, 0.2) is 54.6 Å². The summed E-state index contributed by atoms with van der Waals surface area (Å²) in [5.41, 5.74) is 1.51. The first-order chi connectivity index (χ1) is 17.9. The lowest BCUT2D eigenvalue weighted by atomic mass is 9.96. The molecule has 0 saturated carbocycles. The number of aryl methyl sites for hydroxylation is 1. The lowest BCUT2D eigenvalue weighted by molar-refractivity contribution is 0.104. The molecule has 2 aliphatic rings. The lowest BCUT2D eigenvalue weighted by Gasteiger charge is -2.40. The highest BCUT2D eigenvalue weighted by Crippen LogP contribution is 2.42. The van der Waals surface area contributed by atoms with E-state index in [0.717, 1.165) is 43.1 Å². The Bertz CT molecular complexity index is 1200. The molecule has 0 spiro atoms. The molecule has 8 heteroatoms. The average Bonchev–Trinajstić information content (AvgIpc) is 3.39. The Morgan fingerprint density at radius 1 is 1.03 bits per heavy atom. The van der Waals surface area contributed by atoms with Gasteiger partial charge in [-0.05, 0) is 63.3 Å². The van der Waals surface area contributed by atoms with Gasteiger partial charge in [-0.15, -0.1) is 10.2 Å².